The van der Waals surface area contributed by atoms with Gasteiger partial charge in [-0.1, -0.05) is 43.3 Å². The van der Waals surface area contributed by atoms with Crippen LogP contribution in [0.25, 0.3) is 0 Å². The van der Waals surface area contributed by atoms with Crippen molar-refractivity contribution in [2.45, 2.75) is 24.3 Å². The largest absolute Gasteiger partial charge is 0.493 e. The lowest BCUT2D eigenvalue weighted by Gasteiger charge is -2.16. The number of ether oxygens (including phenoxy) is 1. The molecule has 0 aromatic heterocycles. The number of hydrogen-bond acceptors (Lipinski definition) is 3. The van der Waals surface area contributed by atoms with Crippen molar-refractivity contribution in [2.75, 3.05) is 12.4 Å². The fraction of sp³-hybridized carbons (Fsp3) is 0.294. The number of thioether (sulfide) groups is 1. The lowest BCUT2D eigenvalue weighted by atomic mass is 10.1. The maximum Gasteiger partial charge on any atom is 0.124 e. The number of rotatable bonds is 7. The number of benzene rings is 2. The molecule has 106 valence electrons. The van der Waals surface area contributed by atoms with Crippen molar-refractivity contribution in [2.24, 2.45) is 5.73 Å². The van der Waals surface area contributed by atoms with Crippen LogP contribution in [-0.2, 0) is 0 Å². The van der Waals surface area contributed by atoms with Crippen LogP contribution in [0.4, 0.5) is 0 Å². The molecule has 0 radical (unpaired) electrons. The van der Waals surface area contributed by atoms with Gasteiger partial charge in [0.05, 0.1) is 6.61 Å². The summed E-state index contributed by atoms with van der Waals surface area (Å²) in [5.74, 6) is 1.76. The quantitative estimate of drug-likeness (QED) is 0.772. The molecule has 0 saturated heterocycles. The standard InChI is InChI=1S/C17H21NOS/c1-2-12-19-17-11-7-6-10-15(17)16(18)13-20-14-8-4-3-5-9-14/h3-11,16H,2,12-13,18H2,1H3. The van der Waals surface area contributed by atoms with Gasteiger partial charge in [-0.3, -0.25) is 0 Å². The average molecular weight is 287 g/mol. The number of nitrogens with two attached hydrogens (primary N) is 1. The predicted molar refractivity (Wildman–Crippen MR) is 86.3 cm³/mol. The van der Waals surface area contributed by atoms with E-state index in [0.717, 1.165) is 30.1 Å². The Balaban J connectivity index is 1.99. The van der Waals surface area contributed by atoms with E-state index in [0.29, 0.717) is 0 Å². The van der Waals surface area contributed by atoms with Crippen LogP contribution in [0.1, 0.15) is 24.9 Å². The van der Waals surface area contributed by atoms with Gasteiger partial charge in [-0.05, 0) is 24.6 Å². The normalized spacial score (nSPS) is 12.1. The summed E-state index contributed by atoms with van der Waals surface area (Å²) in [6, 6.07) is 18.4. The first-order valence-electron chi connectivity index (χ1n) is 6.96. The van der Waals surface area contributed by atoms with E-state index in [1.807, 2.05) is 36.4 Å². The van der Waals surface area contributed by atoms with Crippen LogP contribution in [0.3, 0.4) is 0 Å². The molecule has 2 aromatic rings. The molecule has 0 spiro atoms. The van der Waals surface area contributed by atoms with Gasteiger partial charge in [-0.15, -0.1) is 11.8 Å². The lowest BCUT2D eigenvalue weighted by Crippen LogP contribution is -2.14. The minimum absolute atomic E-state index is 0.0201. The zero-order chi connectivity index (χ0) is 14.2. The highest BCUT2D eigenvalue weighted by molar-refractivity contribution is 7.99. The van der Waals surface area contributed by atoms with E-state index < -0.39 is 0 Å². The topological polar surface area (TPSA) is 35.2 Å². The van der Waals surface area contributed by atoms with Gasteiger partial charge in [0, 0.05) is 22.3 Å². The molecule has 0 saturated carbocycles. The van der Waals surface area contributed by atoms with E-state index in [1.54, 1.807) is 11.8 Å². The summed E-state index contributed by atoms with van der Waals surface area (Å²) in [7, 11) is 0. The summed E-state index contributed by atoms with van der Waals surface area (Å²) in [4.78, 5) is 1.25. The molecular weight excluding hydrogens is 266 g/mol. The maximum atomic E-state index is 6.31. The van der Waals surface area contributed by atoms with E-state index in [-0.39, 0.29) is 6.04 Å². The second kappa shape index (κ2) is 7.98. The molecule has 0 aliphatic carbocycles. The highest BCUT2D eigenvalue weighted by Crippen LogP contribution is 2.28. The minimum Gasteiger partial charge on any atom is -0.493 e. The van der Waals surface area contributed by atoms with Gasteiger partial charge in [-0.25, -0.2) is 0 Å². The molecule has 0 fully saturated rings. The first-order chi connectivity index (χ1) is 9.81. The smallest absolute Gasteiger partial charge is 0.124 e. The van der Waals surface area contributed by atoms with E-state index in [2.05, 4.69) is 25.1 Å². The molecule has 0 aliphatic rings. The molecular formula is C17H21NOS. The molecule has 3 heteroatoms. The van der Waals surface area contributed by atoms with Crippen LogP contribution in [0.15, 0.2) is 59.5 Å². The molecule has 0 bridgehead atoms. The molecule has 1 atom stereocenters. The van der Waals surface area contributed by atoms with E-state index in [1.165, 1.54) is 4.90 Å². The highest BCUT2D eigenvalue weighted by Gasteiger charge is 2.12. The highest BCUT2D eigenvalue weighted by atomic mass is 32.2. The van der Waals surface area contributed by atoms with Crippen molar-refractivity contribution in [1.82, 2.24) is 0 Å². The van der Waals surface area contributed by atoms with Crippen LogP contribution in [0.5, 0.6) is 5.75 Å². The molecule has 0 aliphatic heterocycles. The van der Waals surface area contributed by atoms with E-state index in [9.17, 15) is 0 Å². The van der Waals surface area contributed by atoms with Gasteiger partial charge in [0.2, 0.25) is 0 Å². The van der Waals surface area contributed by atoms with Crippen molar-refractivity contribution in [1.29, 1.82) is 0 Å². The van der Waals surface area contributed by atoms with Crippen molar-refractivity contribution in [3.8, 4) is 5.75 Å². The zero-order valence-electron chi connectivity index (χ0n) is 11.8. The van der Waals surface area contributed by atoms with E-state index in [4.69, 9.17) is 10.5 Å². The van der Waals surface area contributed by atoms with Crippen LogP contribution in [-0.4, -0.2) is 12.4 Å². The Hall–Kier alpha value is -1.45. The second-order valence-corrected chi connectivity index (χ2v) is 5.71. The summed E-state index contributed by atoms with van der Waals surface area (Å²) >= 11 is 1.78. The number of hydrogen-bond donors (Lipinski definition) is 1. The fourth-order valence-corrected chi connectivity index (χ4v) is 2.82. The molecule has 2 rings (SSSR count). The molecule has 1 unspecified atom stereocenters. The summed E-state index contributed by atoms with van der Waals surface area (Å²) in [5.41, 5.74) is 7.40. The van der Waals surface area contributed by atoms with Crippen LogP contribution in [0, 0.1) is 0 Å². The minimum atomic E-state index is -0.0201. The van der Waals surface area contributed by atoms with Gasteiger partial charge in [-0.2, -0.15) is 0 Å². The Kier molecular flexibility index (Phi) is 5.96. The van der Waals surface area contributed by atoms with Gasteiger partial charge < -0.3 is 10.5 Å². The predicted octanol–water partition coefficient (Wildman–Crippen LogP) is 4.27. The lowest BCUT2D eigenvalue weighted by molar-refractivity contribution is 0.313. The summed E-state index contributed by atoms with van der Waals surface area (Å²) in [6.07, 6.45) is 1.00. The Labute approximate surface area is 125 Å². The van der Waals surface area contributed by atoms with Crippen LogP contribution < -0.4 is 10.5 Å². The van der Waals surface area contributed by atoms with Crippen molar-refractivity contribution < 1.29 is 4.74 Å². The first kappa shape index (κ1) is 14.9. The Morgan fingerprint density at radius 3 is 2.50 bits per heavy atom. The Bertz CT molecular complexity index is 515. The fourth-order valence-electron chi connectivity index (χ4n) is 1.92. The molecule has 2 nitrogen and oxygen atoms in total. The summed E-state index contributed by atoms with van der Waals surface area (Å²) in [5, 5.41) is 0. The Morgan fingerprint density at radius 2 is 1.75 bits per heavy atom. The number of para-hydroxylation sites is 1. The maximum absolute atomic E-state index is 6.31. The third-order valence-corrected chi connectivity index (χ3v) is 4.08. The molecule has 2 aromatic carbocycles. The molecule has 2 N–H and O–H groups in total. The monoisotopic (exact) mass is 287 g/mol. The third kappa shape index (κ3) is 4.29. The van der Waals surface area contributed by atoms with Gasteiger partial charge in [0.1, 0.15) is 5.75 Å². The average Bonchev–Trinajstić information content (AvgIpc) is 2.52. The molecule has 0 amide bonds. The SMILES string of the molecule is CCCOc1ccccc1C(N)CSc1ccccc1. The van der Waals surface area contributed by atoms with Crippen LogP contribution >= 0.6 is 11.8 Å². The van der Waals surface area contributed by atoms with E-state index >= 15 is 0 Å². The second-order valence-electron chi connectivity index (χ2n) is 4.62. The molecule has 20 heavy (non-hydrogen) atoms. The van der Waals surface area contributed by atoms with Gasteiger partial charge in [0.25, 0.3) is 0 Å². The zero-order valence-corrected chi connectivity index (χ0v) is 12.6. The van der Waals surface area contributed by atoms with Crippen molar-refractivity contribution in [3.05, 3.63) is 60.2 Å². The van der Waals surface area contributed by atoms with Gasteiger partial charge in [0.15, 0.2) is 0 Å². The molecule has 0 heterocycles. The first-order valence-corrected chi connectivity index (χ1v) is 7.95. The Morgan fingerprint density at radius 1 is 1.05 bits per heavy atom. The van der Waals surface area contributed by atoms with Crippen LogP contribution in [0.2, 0.25) is 0 Å². The van der Waals surface area contributed by atoms with Crippen molar-refractivity contribution >= 4 is 11.8 Å². The summed E-state index contributed by atoms with van der Waals surface area (Å²) < 4.78 is 5.77. The van der Waals surface area contributed by atoms with Gasteiger partial charge >= 0.3 is 0 Å². The van der Waals surface area contributed by atoms with Crippen molar-refractivity contribution in [3.63, 3.8) is 0 Å². The third-order valence-electron chi connectivity index (χ3n) is 2.95. The summed E-state index contributed by atoms with van der Waals surface area (Å²) in [6.45, 7) is 2.84.